The summed E-state index contributed by atoms with van der Waals surface area (Å²) in [5.74, 6) is 0.172. The van der Waals surface area contributed by atoms with Crippen molar-refractivity contribution >= 4 is 28.8 Å². The average Bonchev–Trinajstić information content (AvgIpc) is 2.20. The summed E-state index contributed by atoms with van der Waals surface area (Å²) >= 11 is 4.48. The zero-order chi connectivity index (χ0) is 10.4. The zero-order valence-corrected chi connectivity index (χ0v) is 8.80. The SMILES string of the molecule is CCCC(=O)c1ccc(N=C=S)cc1. The first-order chi connectivity index (χ1) is 6.77. The largest absolute Gasteiger partial charge is 0.294 e. The van der Waals surface area contributed by atoms with Crippen molar-refractivity contribution in [3.05, 3.63) is 29.8 Å². The molecule has 1 aromatic rings. The molecule has 0 aliphatic heterocycles. The van der Waals surface area contributed by atoms with Crippen LogP contribution in [0, 0.1) is 0 Å². The Labute approximate surface area is 88.7 Å². The third kappa shape index (κ3) is 2.87. The third-order valence-electron chi connectivity index (χ3n) is 1.84. The van der Waals surface area contributed by atoms with Gasteiger partial charge in [-0.05, 0) is 42.9 Å². The molecule has 1 rings (SSSR count). The Balaban J connectivity index is 2.82. The lowest BCUT2D eigenvalue weighted by atomic mass is 10.1. The van der Waals surface area contributed by atoms with Crippen LogP contribution in [0.25, 0.3) is 0 Å². The molecule has 0 bridgehead atoms. The second-order valence-corrected chi connectivity index (χ2v) is 3.11. The molecule has 0 atom stereocenters. The first kappa shape index (κ1) is 10.8. The second-order valence-electron chi connectivity index (χ2n) is 2.92. The molecule has 0 aliphatic rings. The molecule has 0 aliphatic carbocycles. The molecule has 72 valence electrons. The molecule has 0 aromatic heterocycles. The molecule has 0 fully saturated rings. The van der Waals surface area contributed by atoms with E-state index in [1.165, 1.54) is 0 Å². The number of aliphatic imine (C=N–C) groups is 1. The standard InChI is InChI=1S/C11H11NOS/c1-2-3-11(13)9-4-6-10(7-5-9)12-8-14/h4-7H,2-3H2,1H3. The molecule has 0 saturated heterocycles. The van der Waals surface area contributed by atoms with Gasteiger partial charge in [-0.3, -0.25) is 4.79 Å². The highest BCUT2D eigenvalue weighted by molar-refractivity contribution is 7.78. The fraction of sp³-hybridized carbons (Fsp3) is 0.273. The van der Waals surface area contributed by atoms with E-state index in [0.29, 0.717) is 6.42 Å². The molecule has 0 saturated carbocycles. The highest BCUT2D eigenvalue weighted by atomic mass is 32.1. The minimum Gasteiger partial charge on any atom is -0.294 e. The van der Waals surface area contributed by atoms with Crippen molar-refractivity contribution in [2.75, 3.05) is 0 Å². The summed E-state index contributed by atoms with van der Waals surface area (Å²) < 4.78 is 0. The molecule has 14 heavy (non-hydrogen) atoms. The summed E-state index contributed by atoms with van der Waals surface area (Å²) in [4.78, 5) is 15.3. The highest BCUT2D eigenvalue weighted by Crippen LogP contribution is 2.13. The summed E-state index contributed by atoms with van der Waals surface area (Å²) in [6.07, 6.45) is 1.47. The summed E-state index contributed by atoms with van der Waals surface area (Å²) in [5.41, 5.74) is 1.46. The van der Waals surface area contributed by atoms with Crippen molar-refractivity contribution in [3.8, 4) is 0 Å². The fourth-order valence-corrected chi connectivity index (χ4v) is 1.25. The minimum absolute atomic E-state index is 0.172. The minimum atomic E-state index is 0.172. The number of Topliss-reactive ketones (excluding diaryl/α,β-unsaturated/α-hetero) is 1. The number of ketones is 1. The molecule has 0 amide bonds. The maximum Gasteiger partial charge on any atom is 0.162 e. The van der Waals surface area contributed by atoms with Gasteiger partial charge in [-0.2, -0.15) is 4.99 Å². The van der Waals surface area contributed by atoms with E-state index in [9.17, 15) is 4.79 Å². The Kier molecular flexibility index (Phi) is 4.17. The lowest BCUT2D eigenvalue weighted by molar-refractivity contribution is 0.0982. The summed E-state index contributed by atoms with van der Waals surface area (Å²) in [6.45, 7) is 1.99. The number of hydrogen-bond acceptors (Lipinski definition) is 3. The van der Waals surface area contributed by atoms with Gasteiger partial charge in [0.15, 0.2) is 5.78 Å². The van der Waals surface area contributed by atoms with E-state index in [1.54, 1.807) is 24.3 Å². The Bertz CT molecular complexity index is 363. The number of thiocarbonyl (C=S) groups is 1. The fourth-order valence-electron chi connectivity index (χ4n) is 1.15. The number of benzene rings is 1. The van der Waals surface area contributed by atoms with E-state index in [-0.39, 0.29) is 5.78 Å². The van der Waals surface area contributed by atoms with E-state index in [4.69, 9.17) is 0 Å². The lowest BCUT2D eigenvalue weighted by Crippen LogP contribution is -1.96. The van der Waals surface area contributed by atoms with Gasteiger partial charge in [0.2, 0.25) is 0 Å². The zero-order valence-electron chi connectivity index (χ0n) is 7.99. The van der Waals surface area contributed by atoms with Crippen LogP contribution in [0.5, 0.6) is 0 Å². The van der Waals surface area contributed by atoms with Gasteiger partial charge in [0, 0.05) is 12.0 Å². The van der Waals surface area contributed by atoms with Gasteiger partial charge in [0.25, 0.3) is 0 Å². The molecule has 1 aromatic carbocycles. The molecule has 0 N–H and O–H groups in total. The molecule has 0 unspecified atom stereocenters. The topological polar surface area (TPSA) is 29.4 Å². The number of carbonyl (C=O) groups is 1. The second kappa shape index (κ2) is 5.43. The Hall–Kier alpha value is -1.31. The van der Waals surface area contributed by atoms with E-state index < -0.39 is 0 Å². The van der Waals surface area contributed by atoms with Gasteiger partial charge in [-0.25, -0.2) is 0 Å². The molecule has 2 nitrogen and oxygen atoms in total. The van der Waals surface area contributed by atoms with Crippen molar-refractivity contribution in [2.24, 2.45) is 4.99 Å². The van der Waals surface area contributed by atoms with Crippen LogP contribution in [0.2, 0.25) is 0 Å². The van der Waals surface area contributed by atoms with Gasteiger partial charge in [0.1, 0.15) is 0 Å². The summed E-state index contributed by atoms with van der Waals surface area (Å²) in [7, 11) is 0. The van der Waals surface area contributed by atoms with E-state index in [2.05, 4.69) is 22.4 Å². The Morgan fingerprint density at radius 1 is 1.43 bits per heavy atom. The van der Waals surface area contributed by atoms with Crippen molar-refractivity contribution in [1.82, 2.24) is 0 Å². The van der Waals surface area contributed by atoms with Crippen LogP contribution in [0.1, 0.15) is 30.1 Å². The van der Waals surface area contributed by atoms with Gasteiger partial charge in [-0.1, -0.05) is 6.92 Å². The highest BCUT2D eigenvalue weighted by Gasteiger charge is 2.03. The van der Waals surface area contributed by atoms with E-state index in [1.807, 2.05) is 6.92 Å². The van der Waals surface area contributed by atoms with Crippen LogP contribution >= 0.6 is 12.2 Å². The Morgan fingerprint density at radius 2 is 2.07 bits per heavy atom. The molecule has 3 heteroatoms. The number of carbonyl (C=O) groups excluding carboxylic acids is 1. The number of nitrogens with zero attached hydrogens (tertiary/aromatic N) is 1. The Morgan fingerprint density at radius 3 is 2.57 bits per heavy atom. The van der Waals surface area contributed by atoms with Crippen LogP contribution in [0.3, 0.4) is 0 Å². The molecule has 0 heterocycles. The van der Waals surface area contributed by atoms with Crippen molar-refractivity contribution in [2.45, 2.75) is 19.8 Å². The van der Waals surface area contributed by atoms with Crippen LogP contribution in [0.4, 0.5) is 5.69 Å². The molecule has 0 radical (unpaired) electrons. The summed E-state index contributed by atoms with van der Waals surface area (Å²) in [6, 6.07) is 7.07. The monoisotopic (exact) mass is 205 g/mol. The van der Waals surface area contributed by atoms with Crippen LogP contribution in [0.15, 0.2) is 29.3 Å². The maximum atomic E-state index is 11.4. The van der Waals surface area contributed by atoms with Gasteiger partial charge in [0.05, 0.1) is 10.8 Å². The van der Waals surface area contributed by atoms with Gasteiger partial charge >= 0.3 is 0 Å². The van der Waals surface area contributed by atoms with Crippen molar-refractivity contribution in [1.29, 1.82) is 0 Å². The smallest absolute Gasteiger partial charge is 0.162 e. The van der Waals surface area contributed by atoms with Gasteiger partial charge < -0.3 is 0 Å². The van der Waals surface area contributed by atoms with E-state index in [0.717, 1.165) is 17.7 Å². The number of rotatable bonds is 4. The molecular weight excluding hydrogens is 194 g/mol. The first-order valence-corrected chi connectivity index (χ1v) is 4.90. The predicted molar refractivity (Wildman–Crippen MR) is 60.4 cm³/mol. The maximum absolute atomic E-state index is 11.4. The van der Waals surface area contributed by atoms with Crippen molar-refractivity contribution in [3.63, 3.8) is 0 Å². The van der Waals surface area contributed by atoms with Crippen molar-refractivity contribution < 1.29 is 4.79 Å². The van der Waals surface area contributed by atoms with Crippen LogP contribution in [-0.4, -0.2) is 10.9 Å². The average molecular weight is 205 g/mol. The number of hydrogen-bond donors (Lipinski definition) is 0. The lowest BCUT2D eigenvalue weighted by Gasteiger charge is -1.98. The van der Waals surface area contributed by atoms with Gasteiger partial charge in [-0.15, -0.1) is 0 Å². The first-order valence-electron chi connectivity index (χ1n) is 4.49. The predicted octanol–water partition coefficient (Wildman–Crippen LogP) is 3.40. The van der Waals surface area contributed by atoms with E-state index >= 15 is 0 Å². The number of isothiocyanates is 1. The molecular formula is C11H11NOS. The quantitative estimate of drug-likeness (QED) is 0.428. The van der Waals surface area contributed by atoms with Crippen LogP contribution in [-0.2, 0) is 0 Å². The van der Waals surface area contributed by atoms with Crippen LogP contribution < -0.4 is 0 Å². The summed E-state index contributed by atoms with van der Waals surface area (Å²) in [5, 5.41) is 2.28. The normalized spacial score (nSPS) is 9.21. The third-order valence-corrected chi connectivity index (χ3v) is 1.93. The molecule has 0 spiro atoms.